The zero-order chi connectivity index (χ0) is 28.1. The summed E-state index contributed by atoms with van der Waals surface area (Å²) in [6.45, 7) is 12.6. The van der Waals surface area contributed by atoms with E-state index < -0.39 is 0 Å². The minimum Gasteiger partial charge on any atom is -0.371 e. The van der Waals surface area contributed by atoms with Crippen molar-refractivity contribution < 1.29 is 9.53 Å². The van der Waals surface area contributed by atoms with E-state index in [1.54, 1.807) is 0 Å². The molecule has 3 aliphatic rings. The lowest BCUT2D eigenvalue weighted by molar-refractivity contribution is 0.0302. The van der Waals surface area contributed by atoms with Gasteiger partial charge in [-0.15, -0.1) is 0 Å². The zero-order valence-corrected chi connectivity index (χ0v) is 24.3. The minimum absolute atomic E-state index is 0.222. The summed E-state index contributed by atoms with van der Waals surface area (Å²) in [5.74, 6) is 2.58. The van der Waals surface area contributed by atoms with Crippen LogP contribution in [-0.2, 0) is 11.2 Å². The third-order valence-electron chi connectivity index (χ3n) is 7.71. The van der Waals surface area contributed by atoms with Crippen LogP contribution in [0.15, 0.2) is 42.0 Å². The Hall–Kier alpha value is -3.37. The predicted molar refractivity (Wildman–Crippen MR) is 162 cm³/mol. The first kappa shape index (κ1) is 28.2. The molecule has 1 aromatic heterocycles. The fraction of sp³-hybridized carbons (Fsp3) is 0.567. The molecule has 0 spiro atoms. The maximum absolute atomic E-state index is 12.5. The number of ether oxygens (including phenoxy) is 1. The lowest BCUT2D eigenvalue weighted by Gasteiger charge is -2.34. The topological polar surface area (TPSA) is 97.9 Å². The number of fused-ring (bicyclic) bond motifs is 2. The number of nitrogens with one attached hydrogen (secondary N) is 3. The van der Waals surface area contributed by atoms with Gasteiger partial charge >= 0.3 is 6.03 Å². The molecule has 2 aromatic rings. The van der Waals surface area contributed by atoms with Crippen molar-refractivity contribution in [3.8, 4) is 0 Å². The zero-order valence-electron chi connectivity index (χ0n) is 24.3. The maximum Gasteiger partial charge on any atom is 0.319 e. The number of hydrogen-bond acceptors (Lipinski definition) is 8. The maximum atomic E-state index is 12.5. The minimum atomic E-state index is -0.222. The SMILES string of the molecule is CC(=CCNC(=O)Nc1ccc(N2CCN(C)CC2)cc1)Cc1nc(NC(C)C)cc(N2CC3CCC(C2)O3)n1. The van der Waals surface area contributed by atoms with E-state index in [4.69, 9.17) is 14.7 Å². The van der Waals surface area contributed by atoms with Crippen LogP contribution in [0.4, 0.5) is 27.8 Å². The Morgan fingerprint density at radius 1 is 1.05 bits per heavy atom. The lowest BCUT2D eigenvalue weighted by atomic mass is 10.2. The average molecular weight is 549 g/mol. The van der Waals surface area contributed by atoms with Gasteiger partial charge in [0.1, 0.15) is 17.5 Å². The molecule has 3 N–H and O–H groups in total. The largest absolute Gasteiger partial charge is 0.371 e. The van der Waals surface area contributed by atoms with Crippen molar-refractivity contribution in [2.45, 2.75) is 58.3 Å². The van der Waals surface area contributed by atoms with Crippen molar-refractivity contribution in [3.63, 3.8) is 0 Å². The van der Waals surface area contributed by atoms with Gasteiger partial charge in [0, 0.05) is 75.7 Å². The number of carbonyl (C=O) groups is 1. The molecule has 216 valence electrons. The molecule has 5 rings (SSSR count). The average Bonchev–Trinajstić information content (AvgIpc) is 3.26. The van der Waals surface area contributed by atoms with Crippen LogP contribution in [0, 0.1) is 0 Å². The number of amides is 2. The number of urea groups is 1. The summed E-state index contributed by atoms with van der Waals surface area (Å²) in [7, 11) is 2.15. The molecule has 10 heteroatoms. The molecule has 0 aliphatic carbocycles. The summed E-state index contributed by atoms with van der Waals surface area (Å²) in [5, 5.41) is 9.30. The highest BCUT2D eigenvalue weighted by molar-refractivity contribution is 5.89. The number of rotatable bonds is 9. The molecule has 4 heterocycles. The van der Waals surface area contributed by atoms with E-state index in [-0.39, 0.29) is 12.1 Å². The van der Waals surface area contributed by atoms with Crippen LogP contribution >= 0.6 is 0 Å². The highest BCUT2D eigenvalue weighted by Crippen LogP contribution is 2.30. The first-order valence-electron chi connectivity index (χ1n) is 14.6. The molecule has 0 radical (unpaired) electrons. The second-order valence-corrected chi connectivity index (χ2v) is 11.6. The molecular weight excluding hydrogens is 504 g/mol. The Kier molecular flexibility index (Phi) is 9.06. The smallest absolute Gasteiger partial charge is 0.319 e. The number of allylic oxidation sites excluding steroid dienone is 1. The quantitative estimate of drug-likeness (QED) is 0.408. The van der Waals surface area contributed by atoms with Crippen molar-refractivity contribution in [1.82, 2.24) is 20.2 Å². The summed E-state index contributed by atoms with van der Waals surface area (Å²) < 4.78 is 6.02. The number of piperazine rings is 1. The molecule has 3 fully saturated rings. The number of carbonyl (C=O) groups excluding carboxylic acids is 1. The van der Waals surface area contributed by atoms with E-state index >= 15 is 0 Å². The van der Waals surface area contributed by atoms with Crippen LogP contribution in [0.3, 0.4) is 0 Å². The second-order valence-electron chi connectivity index (χ2n) is 11.6. The van der Waals surface area contributed by atoms with Gasteiger partial charge in [0.2, 0.25) is 0 Å². The summed E-state index contributed by atoms with van der Waals surface area (Å²) in [6.07, 6.45) is 5.49. The van der Waals surface area contributed by atoms with Gasteiger partial charge in [-0.1, -0.05) is 11.6 Å². The Labute approximate surface area is 238 Å². The summed E-state index contributed by atoms with van der Waals surface area (Å²) in [5.41, 5.74) is 3.08. The van der Waals surface area contributed by atoms with Gasteiger partial charge in [-0.05, 0) is 64.9 Å². The molecule has 40 heavy (non-hydrogen) atoms. The monoisotopic (exact) mass is 548 g/mol. The predicted octanol–water partition coefficient (Wildman–Crippen LogP) is 3.73. The van der Waals surface area contributed by atoms with E-state index in [2.05, 4.69) is 76.7 Å². The van der Waals surface area contributed by atoms with Crippen LogP contribution in [0.2, 0.25) is 0 Å². The van der Waals surface area contributed by atoms with Crippen LogP contribution in [0.1, 0.15) is 39.4 Å². The van der Waals surface area contributed by atoms with Gasteiger partial charge in [-0.2, -0.15) is 0 Å². The Bertz CT molecular complexity index is 1160. The van der Waals surface area contributed by atoms with E-state index in [1.165, 1.54) is 5.69 Å². The molecular formula is C30H44N8O2. The van der Waals surface area contributed by atoms with Crippen LogP contribution in [0.5, 0.6) is 0 Å². The lowest BCUT2D eigenvalue weighted by Crippen LogP contribution is -2.44. The van der Waals surface area contributed by atoms with E-state index in [1.807, 2.05) is 18.2 Å². The molecule has 3 saturated heterocycles. The molecule has 0 saturated carbocycles. The third-order valence-corrected chi connectivity index (χ3v) is 7.71. The number of hydrogen-bond donors (Lipinski definition) is 3. The van der Waals surface area contributed by atoms with Crippen molar-refractivity contribution in [1.29, 1.82) is 0 Å². The van der Waals surface area contributed by atoms with E-state index in [0.717, 1.165) is 80.8 Å². The van der Waals surface area contributed by atoms with E-state index in [9.17, 15) is 4.79 Å². The number of morpholine rings is 1. The molecule has 1 aromatic carbocycles. The van der Waals surface area contributed by atoms with Crippen LogP contribution in [-0.4, -0.2) is 92.0 Å². The van der Waals surface area contributed by atoms with E-state index in [0.29, 0.717) is 25.2 Å². The van der Waals surface area contributed by atoms with Gasteiger partial charge in [0.15, 0.2) is 0 Å². The summed E-state index contributed by atoms with van der Waals surface area (Å²) in [4.78, 5) is 29.2. The molecule has 3 aliphatic heterocycles. The van der Waals surface area contributed by atoms with Gasteiger partial charge in [-0.25, -0.2) is 14.8 Å². The number of likely N-dealkylation sites (N-methyl/N-ethyl adjacent to an activating group) is 1. The van der Waals surface area contributed by atoms with Crippen molar-refractivity contribution in [3.05, 3.63) is 47.8 Å². The highest BCUT2D eigenvalue weighted by atomic mass is 16.5. The molecule has 2 bridgehead atoms. The van der Waals surface area contributed by atoms with Gasteiger partial charge in [-0.3, -0.25) is 0 Å². The fourth-order valence-corrected chi connectivity index (χ4v) is 5.53. The Morgan fingerprint density at radius 2 is 1.75 bits per heavy atom. The highest BCUT2D eigenvalue weighted by Gasteiger charge is 2.34. The van der Waals surface area contributed by atoms with Gasteiger partial charge in [0.05, 0.1) is 12.2 Å². The fourth-order valence-electron chi connectivity index (χ4n) is 5.53. The molecule has 10 nitrogen and oxygen atoms in total. The summed E-state index contributed by atoms with van der Waals surface area (Å²) >= 11 is 0. The Balaban J connectivity index is 1.13. The van der Waals surface area contributed by atoms with Crippen LogP contribution < -0.4 is 25.8 Å². The van der Waals surface area contributed by atoms with Crippen LogP contribution in [0.25, 0.3) is 0 Å². The van der Waals surface area contributed by atoms with Crippen molar-refractivity contribution in [2.75, 3.05) is 73.3 Å². The molecule has 2 amide bonds. The molecule has 2 atom stereocenters. The number of anilines is 4. The van der Waals surface area contributed by atoms with Crippen molar-refractivity contribution >= 4 is 29.0 Å². The first-order chi connectivity index (χ1) is 19.3. The molecule has 2 unspecified atom stereocenters. The normalized spacial score (nSPS) is 21.6. The second kappa shape index (κ2) is 12.9. The van der Waals surface area contributed by atoms with Gasteiger partial charge in [0.25, 0.3) is 0 Å². The summed E-state index contributed by atoms with van der Waals surface area (Å²) in [6, 6.07) is 10.2. The first-order valence-corrected chi connectivity index (χ1v) is 14.6. The number of benzene rings is 1. The number of nitrogens with zero attached hydrogens (tertiary/aromatic N) is 5. The van der Waals surface area contributed by atoms with Gasteiger partial charge < -0.3 is 35.4 Å². The van der Waals surface area contributed by atoms with Crippen molar-refractivity contribution in [2.24, 2.45) is 0 Å². The Morgan fingerprint density at radius 3 is 2.42 bits per heavy atom. The third kappa shape index (κ3) is 7.63. The standard InChI is InChI=1S/C30H44N8O2/c1-21(2)32-28-18-29(38-19-25-9-10-26(20-38)40-25)35-27(34-28)17-22(3)11-12-31-30(39)33-23-5-7-24(8-6-23)37-15-13-36(4)14-16-37/h5-8,11,18,21,25-26H,9-10,12-17,19-20H2,1-4H3,(H2,31,33,39)(H,32,34,35). The number of aromatic nitrogens is 2.